The highest BCUT2D eigenvalue weighted by atomic mass is 79.9. The number of rotatable bonds is 5. The minimum atomic E-state index is 0.145. The molecule has 0 aromatic carbocycles. The molecule has 0 bridgehead atoms. The molecule has 2 heteroatoms. The summed E-state index contributed by atoms with van der Waals surface area (Å²) < 4.78 is 6.29. The summed E-state index contributed by atoms with van der Waals surface area (Å²) in [6, 6.07) is 0. The van der Waals surface area contributed by atoms with E-state index in [1.54, 1.807) is 0 Å². The Bertz CT molecular complexity index is 173. The van der Waals surface area contributed by atoms with Gasteiger partial charge in [-0.05, 0) is 32.1 Å². The lowest BCUT2D eigenvalue weighted by Gasteiger charge is -2.38. The minimum absolute atomic E-state index is 0.145. The van der Waals surface area contributed by atoms with Crippen molar-refractivity contribution in [1.82, 2.24) is 0 Å². The zero-order chi connectivity index (χ0) is 11.3. The van der Waals surface area contributed by atoms with Crippen LogP contribution in [-0.4, -0.2) is 17.0 Å². The van der Waals surface area contributed by atoms with Crippen molar-refractivity contribution in [3.05, 3.63) is 0 Å². The predicted molar refractivity (Wildman–Crippen MR) is 69.6 cm³/mol. The van der Waals surface area contributed by atoms with Gasteiger partial charge in [0.15, 0.2) is 0 Å². The van der Waals surface area contributed by atoms with Crippen LogP contribution in [0.3, 0.4) is 0 Å². The molecule has 1 aliphatic carbocycles. The highest BCUT2D eigenvalue weighted by molar-refractivity contribution is 9.09. The highest BCUT2D eigenvalue weighted by Gasteiger charge is 2.33. The monoisotopic (exact) mass is 276 g/mol. The fraction of sp³-hybridized carbons (Fsp3) is 1.00. The van der Waals surface area contributed by atoms with Crippen molar-refractivity contribution in [3.8, 4) is 0 Å². The molecule has 0 aliphatic heterocycles. The third-order valence-electron chi connectivity index (χ3n) is 3.26. The number of hydrogen-bond acceptors (Lipinski definition) is 1. The fourth-order valence-electron chi connectivity index (χ4n) is 2.62. The molecule has 0 heterocycles. The van der Waals surface area contributed by atoms with Gasteiger partial charge in [-0.2, -0.15) is 0 Å². The maximum atomic E-state index is 6.29. The molecule has 90 valence electrons. The van der Waals surface area contributed by atoms with E-state index in [-0.39, 0.29) is 5.60 Å². The third kappa shape index (κ3) is 4.44. The lowest BCUT2D eigenvalue weighted by Crippen LogP contribution is -2.40. The van der Waals surface area contributed by atoms with Crippen LogP contribution in [-0.2, 0) is 4.74 Å². The molecule has 1 saturated carbocycles. The molecular weight excluding hydrogens is 252 g/mol. The second-order valence-electron chi connectivity index (χ2n) is 5.44. The first-order valence-corrected chi connectivity index (χ1v) is 7.44. The number of alkyl halides is 1. The summed E-state index contributed by atoms with van der Waals surface area (Å²) >= 11 is 3.64. The molecule has 1 atom stereocenters. The molecule has 0 N–H and O–H groups in total. The van der Waals surface area contributed by atoms with E-state index in [1.165, 1.54) is 38.5 Å². The Morgan fingerprint density at radius 2 is 1.73 bits per heavy atom. The molecule has 0 spiro atoms. The minimum Gasteiger partial charge on any atom is -0.371 e. The molecule has 1 nitrogen and oxygen atoms in total. The average molecular weight is 277 g/mol. The molecule has 15 heavy (non-hydrogen) atoms. The largest absolute Gasteiger partial charge is 0.371 e. The molecule has 0 aromatic heterocycles. The topological polar surface area (TPSA) is 9.23 Å². The van der Waals surface area contributed by atoms with Gasteiger partial charge in [-0.1, -0.05) is 49.0 Å². The Balaban J connectivity index is 2.43. The van der Waals surface area contributed by atoms with Crippen molar-refractivity contribution in [1.29, 1.82) is 0 Å². The van der Waals surface area contributed by atoms with Crippen molar-refractivity contribution in [2.45, 2.75) is 71.0 Å². The van der Waals surface area contributed by atoms with Crippen molar-refractivity contribution < 1.29 is 4.74 Å². The van der Waals surface area contributed by atoms with Crippen LogP contribution >= 0.6 is 15.9 Å². The predicted octanol–water partition coefficient (Wildman–Crippen LogP) is 4.54. The third-order valence-corrected chi connectivity index (χ3v) is 4.28. The van der Waals surface area contributed by atoms with Crippen molar-refractivity contribution in [3.63, 3.8) is 0 Å². The smallest absolute Gasteiger partial charge is 0.0782 e. The normalized spacial score (nSPS) is 23.0. The maximum Gasteiger partial charge on any atom is 0.0782 e. The van der Waals surface area contributed by atoms with E-state index >= 15 is 0 Å². The van der Waals surface area contributed by atoms with E-state index in [2.05, 4.69) is 36.7 Å². The van der Waals surface area contributed by atoms with E-state index in [1.807, 2.05) is 0 Å². The first kappa shape index (κ1) is 13.5. The van der Waals surface area contributed by atoms with E-state index < -0.39 is 0 Å². The van der Waals surface area contributed by atoms with Crippen molar-refractivity contribution in [2.75, 3.05) is 5.33 Å². The average Bonchev–Trinajstić information content (AvgIpc) is 2.17. The molecule has 0 amide bonds. The molecule has 0 aromatic rings. The Morgan fingerprint density at radius 1 is 1.13 bits per heavy atom. The number of hydrogen-bond donors (Lipinski definition) is 0. The summed E-state index contributed by atoms with van der Waals surface area (Å²) in [6.45, 7) is 6.75. The van der Waals surface area contributed by atoms with Gasteiger partial charge in [-0.25, -0.2) is 0 Å². The summed E-state index contributed by atoms with van der Waals surface area (Å²) in [5.41, 5.74) is 0.145. The van der Waals surface area contributed by atoms with Crippen LogP contribution < -0.4 is 0 Å². The molecule has 0 radical (unpaired) electrons. The summed E-state index contributed by atoms with van der Waals surface area (Å²) in [5, 5.41) is 1.00. The summed E-state index contributed by atoms with van der Waals surface area (Å²) in [4.78, 5) is 0. The maximum absolute atomic E-state index is 6.29. The van der Waals surface area contributed by atoms with E-state index in [9.17, 15) is 0 Å². The Hall–Kier alpha value is 0.440. The van der Waals surface area contributed by atoms with E-state index in [0.717, 1.165) is 11.2 Å². The second-order valence-corrected chi connectivity index (χ2v) is 6.00. The van der Waals surface area contributed by atoms with Gasteiger partial charge in [0, 0.05) is 5.33 Å². The van der Waals surface area contributed by atoms with Crippen LogP contribution in [0.2, 0.25) is 0 Å². The van der Waals surface area contributed by atoms with Gasteiger partial charge in [-0.3, -0.25) is 0 Å². The number of halogens is 1. The van der Waals surface area contributed by atoms with Gasteiger partial charge in [0.25, 0.3) is 0 Å². The van der Waals surface area contributed by atoms with Gasteiger partial charge >= 0.3 is 0 Å². The lowest BCUT2D eigenvalue weighted by molar-refractivity contribution is -0.0965. The Morgan fingerprint density at radius 3 is 2.20 bits per heavy atom. The molecule has 1 aliphatic rings. The Labute approximate surface area is 103 Å². The second kappa shape index (κ2) is 6.24. The highest BCUT2D eigenvalue weighted by Crippen LogP contribution is 2.34. The van der Waals surface area contributed by atoms with Crippen LogP contribution in [0.5, 0.6) is 0 Å². The van der Waals surface area contributed by atoms with E-state index in [4.69, 9.17) is 4.74 Å². The van der Waals surface area contributed by atoms with Crippen LogP contribution in [0.1, 0.15) is 59.3 Å². The quantitative estimate of drug-likeness (QED) is 0.670. The Kier molecular flexibility index (Phi) is 5.62. The lowest BCUT2D eigenvalue weighted by atomic mass is 9.86. The fourth-order valence-corrected chi connectivity index (χ4v) is 3.31. The van der Waals surface area contributed by atoms with Crippen LogP contribution in [0.25, 0.3) is 0 Å². The van der Waals surface area contributed by atoms with Crippen LogP contribution in [0.15, 0.2) is 0 Å². The van der Waals surface area contributed by atoms with Crippen molar-refractivity contribution in [2.24, 2.45) is 5.92 Å². The van der Waals surface area contributed by atoms with Crippen LogP contribution in [0.4, 0.5) is 0 Å². The molecule has 0 saturated heterocycles. The van der Waals surface area contributed by atoms with Gasteiger partial charge in [0.05, 0.1) is 11.7 Å². The van der Waals surface area contributed by atoms with Gasteiger partial charge < -0.3 is 4.74 Å². The summed E-state index contributed by atoms with van der Waals surface area (Å²) in [6.07, 6.45) is 8.10. The zero-order valence-electron chi connectivity index (χ0n) is 10.4. The summed E-state index contributed by atoms with van der Waals surface area (Å²) in [5.74, 6) is 0.732. The molecular formula is C13H25BrO. The SMILES string of the molecule is CC(C)CC(C)OC1(CBr)CCCCC1. The molecule has 1 rings (SSSR count). The van der Waals surface area contributed by atoms with Crippen molar-refractivity contribution >= 4 is 15.9 Å². The van der Waals surface area contributed by atoms with E-state index in [0.29, 0.717) is 6.10 Å². The summed E-state index contributed by atoms with van der Waals surface area (Å²) in [7, 11) is 0. The molecule has 1 fully saturated rings. The van der Waals surface area contributed by atoms with Gasteiger partial charge in [0.2, 0.25) is 0 Å². The molecule has 1 unspecified atom stereocenters. The zero-order valence-corrected chi connectivity index (χ0v) is 12.0. The van der Waals surface area contributed by atoms with Crippen LogP contribution in [0, 0.1) is 5.92 Å². The standard InChI is InChI=1S/C13H25BrO/c1-11(2)9-12(3)15-13(10-14)7-5-4-6-8-13/h11-12H,4-10H2,1-3H3. The first-order chi connectivity index (χ1) is 7.08. The van der Waals surface area contributed by atoms with Gasteiger partial charge in [0.1, 0.15) is 0 Å². The number of ether oxygens (including phenoxy) is 1. The van der Waals surface area contributed by atoms with Gasteiger partial charge in [-0.15, -0.1) is 0 Å². The first-order valence-electron chi connectivity index (χ1n) is 6.32.